The number of ether oxygens (including phenoxy) is 1. The van der Waals surface area contributed by atoms with Crippen molar-refractivity contribution in [2.75, 3.05) is 32.8 Å². The minimum absolute atomic E-state index is 0.0823. The summed E-state index contributed by atoms with van der Waals surface area (Å²) >= 11 is 0. The number of carboxylic acid groups (broad SMARTS) is 1. The van der Waals surface area contributed by atoms with Crippen molar-refractivity contribution in [3.8, 4) is 11.1 Å². The lowest BCUT2D eigenvalue weighted by atomic mass is 9.84. The van der Waals surface area contributed by atoms with Crippen LogP contribution in [0.1, 0.15) is 36.8 Å². The average Bonchev–Trinajstić information content (AvgIpc) is 3.46. The molecule has 9 nitrogen and oxygen atoms in total. The third-order valence-electron chi connectivity index (χ3n) is 7.01. The molecule has 2 aromatic carbocycles. The van der Waals surface area contributed by atoms with E-state index in [2.05, 4.69) is 10.6 Å². The summed E-state index contributed by atoms with van der Waals surface area (Å²) in [5, 5.41) is 14.3. The molecule has 3 N–H and O–H groups in total. The Balaban J connectivity index is 1.21. The summed E-state index contributed by atoms with van der Waals surface area (Å²) in [7, 11) is 0. The van der Waals surface area contributed by atoms with Crippen molar-refractivity contribution in [3.63, 3.8) is 0 Å². The predicted octanol–water partition coefficient (Wildman–Crippen LogP) is 2.35. The van der Waals surface area contributed by atoms with Gasteiger partial charge in [-0.05, 0) is 35.1 Å². The smallest absolute Gasteiger partial charge is 0.407 e. The maximum atomic E-state index is 12.4. The molecule has 3 amide bonds. The molecular weight excluding hydrogens is 450 g/mol. The molecule has 1 saturated heterocycles. The summed E-state index contributed by atoms with van der Waals surface area (Å²) in [4.78, 5) is 49.7. The fourth-order valence-electron chi connectivity index (χ4n) is 4.85. The molecule has 1 heterocycles. The predicted molar refractivity (Wildman–Crippen MR) is 128 cm³/mol. The molecule has 184 valence electrons. The molecule has 9 heteroatoms. The molecule has 35 heavy (non-hydrogen) atoms. The molecule has 1 aliphatic heterocycles. The van der Waals surface area contributed by atoms with E-state index in [9.17, 15) is 24.3 Å². The third-order valence-corrected chi connectivity index (χ3v) is 7.01. The number of likely N-dealkylation sites (tertiary alicyclic amines) is 1. The number of hydrogen-bond donors (Lipinski definition) is 3. The highest BCUT2D eigenvalue weighted by Crippen LogP contribution is 2.44. The maximum absolute atomic E-state index is 12.4. The highest BCUT2D eigenvalue weighted by molar-refractivity contribution is 5.88. The Kier molecular flexibility index (Phi) is 7.04. The zero-order valence-electron chi connectivity index (χ0n) is 19.6. The number of alkyl carbamates (subject to hydrolysis) is 1. The zero-order valence-corrected chi connectivity index (χ0v) is 19.6. The summed E-state index contributed by atoms with van der Waals surface area (Å²) in [5.41, 5.74) is 3.51. The number of nitrogens with one attached hydrogen (secondary N) is 2. The number of aliphatic carboxylic acids is 1. The molecule has 0 saturated carbocycles. The second-order valence-corrected chi connectivity index (χ2v) is 8.96. The first-order chi connectivity index (χ1) is 16.8. The number of rotatable bonds is 8. The van der Waals surface area contributed by atoms with Crippen LogP contribution in [0, 0.1) is 5.41 Å². The highest BCUT2D eigenvalue weighted by atomic mass is 16.5. The van der Waals surface area contributed by atoms with Crippen LogP contribution < -0.4 is 10.6 Å². The van der Waals surface area contributed by atoms with Gasteiger partial charge in [-0.1, -0.05) is 55.5 Å². The molecule has 0 radical (unpaired) electrons. The molecule has 4 rings (SSSR count). The molecule has 0 bridgehead atoms. The first-order valence-electron chi connectivity index (χ1n) is 11.7. The van der Waals surface area contributed by atoms with Gasteiger partial charge in [0.05, 0.1) is 12.0 Å². The van der Waals surface area contributed by atoms with Crippen molar-refractivity contribution in [2.45, 2.75) is 25.7 Å². The summed E-state index contributed by atoms with van der Waals surface area (Å²) in [6, 6.07) is 16.0. The zero-order chi connectivity index (χ0) is 25.0. The third kappa shape index (κ3) is 4.99. The number of amides is 3. The van der Waals surface area contributed by atoms with Gasteiger partial charge in [0, 0.05) is 19.0 Å². The Bertz CT molecular complexity index is 1100. The van der Waals surface area contributed by atoms with Gasteiger partial charge in [-0.3, -0.25) is 14.4 Å². The van der Waals surface area contributed by atoms with E-state index in [-0.39, 0.29) is 38.1 Å². The van der Waals surface area contributed by atoms with Crippen molar-refractivity contribution >= 4 is 23.9 Å². The normalized spacial score (nSPS) is 18.5. The molecular formula is C26H29N3O6. The van der Waals surface area contributed by atoms with E-state index in [1.807, 2.05) is 48.5 Å². The lowest BCUT2D eigenvalue weighted by Gasteiger charge is -2.23. The lowest BCUT2D eigenvalue weighted by molar-refractivity contribution is -0.148. The van der Waals surface area contributed by atoms with Gasteiger partial charge in [0.2, 0.25) is 11.8 Å². The Morgan fingerprint density at radius 2 is 1.63 bits per heavy atom. The second-order valence-electron chi connectivity index (χ2n) is 8.96. The van der Waals surface area contributed by atoms with Gasteiger partial charge in [0.15, 0.2) is 0 Å². The van der Waals surface area contributed by atoms with Gasteiger partial charge >= 0.3 is 12.1 Å². The lowest BCUT2D eigenvalue weighted by Crippen LogP contribution is -2.44. The van der Waals surface area contributed by atoms with Gasteiger partial charge in [-0.2, -0.15) is 0 Å². The molecule has 2 aromatic rings. The van der Waals surface area contributed by atoms with Crippen LogP contribution >= 0.6 is 0 Å². The minimum atomic E-state index is -0.925. The number of hydrogen-bond acceptors (Lipinski definition) is 5. The van der Waals surface area contributed by atoms with Crippen LogP contribution in [0.5, 0.6) is 0 Å². The number of carbonyl (C=O) groups is 4. The second kappa shape index (κ2) is 10.2. The number of fused-ring (bicyclic) bond motifs is 3. The molecule has 1 unspecified atom stereocenters. The molecule has 0 aromatic heterocycles. The van der Waals surface area contributed by atoms with Crippen molar-refractivity contribution in [3.05, 3.63) is 59.7 Å². The summed E-state index contributed by atoms with van der Waals surface area (Å²) < 4.78 is 5.39. The van der Waals surface area contributed by atoms with Crippen LogP contribution in [0.3, 0.4) is 0 Å². The standard InChI is InChI=1S/C26H29N3O6/c1-2-26(24(32)33)11-12-29(16-26)23(31)14-27-22(30)13-28-25(34)35-15-21-19-9-5-3-7-17(19)18-8-4-6-10-20(18)21/h3-10,21H,2,11-16H2,1H3,(H,27,30)(H,28,34)(H,32,33). The summed E-state index contributed by atoms with van der Waals surface area (Å²) in [6.45, 7) is 1.80. The minimum Gasteiger partial charge on any atom is -0.481 e. The quantitative estimate of drug-likeness (QED) is 0.534. The number of benzene rings is 2. The number of carbonyl (C=O) groups excluding carboxylic acids is 3. The van der Waals surface area contributed by atoms with Crippen LogP contribution in [0.2, 0.25) is 0 Å². The Hall–Kier alpha value is -3.88. The molecule has 1 fully saturated rings. The van der Waals surface area contributed by atoms with Gasteiger partial charge in [0.25, 0.3) is 0 Å². The summed E-state index contributed by atoms with van der Waals surface area (Å²) in [6.07, 6.45) is 0.103. The maximum Gasteiger partial charge on any atom is 0.407 e. The van der Waals surface area contributed by atoms with Crippen molar-refractivity contribution in [2.24, 2.45) is 5.41 Å². The Labute approximate surface area is 203 Å². The van der Waals surface area contributed by atoms with E-state index in [0.29, 0.717) is 19.4 Å². The Morgan fingerprint density at radius 1 is 1.00 bits per heavy atom. The SMILES string of the molecule is CCC1(C(=O)O)CCN(C(=O)CNC(=O)CNC(=O)OCC2c3ccccc3-c3ccccc32)C1. The number of carboxylic acids is 1. The van der Waals surface area contributed by atoms with Crippen molar-refractivity contribution in [1.29, 1.82) is 0 Å². The largest absolute Gasteiger partial charge is 0.481 e. The molecule has 1 aliphatic carbocycles. The van der Waals surface area contributed by atoms with E-state index < -0.39 is 23.4 Å². The van der Waals surface area contributed by atoms with Gasteiger partial charge in [-0.15, -0.1) is 0 Å². The van der Waals surface area contributed by atoms with E-state index >= 15 is 0 Å². The van der Waals surface area contributed by atoms with Crippen LogP contribution in [-0.4, -0.2) is 66.7 Å². The van der Waals surface area contributed by atoms with Crippen LogP contribution in [0.4, 0.5) is 4.79 Å². The first kappa shape index (κ1) is 24.3. The summed E-state index contributed by atoms with van der Waals surface area (Å²) in [5.74, 6) is -1.88. The van der Waals surface area contributed by atoms with Crippen LogP contribution in [0.15, 0.2) is 48.5 Å². The molecule has 0 spiro atoms. The fraction of sp³-hybridized carbons (Fsp3) is 0.385. The highest BCUT2D eigenvalue weighted by Gasteiger charge is 2.44. The number of nitrogens with zero attached hydrogens (tertiary/aromatic N) is 1. The monoisotopic (exact) mass is 479 g/mol. The molecule has 2 aliphatic rings. The van der Waals surface area contributed by atoms with Crippen molar-refractivity contribution in [1.82, 2.24) is 15.5 Å². The van der Waals surface area contributed by atoms with Crippen molar-refractivity contribution < 1.29 is 29.0 Å². The molecule has 1 atom stereocenters. The van der Waals surface area contributed by atoms with Crippen LogP contribution in [-0.2, 0) is 19.1 Å². The van der Waals surface area contributed by atoms with E-state index in [1.165, 1.54) is 4.90 Å². The average molecular weight is 480 g/mol. The van der Waals surface area contributed by atoms with E-state index in [4.69, 9.17) is 4.74 Å². The van der Waals surface area contributed by atoms with E-state index in [0.717, 1.165) is 22.3 Å². The van der Waals surface area contributed by atoms with Gasteiger partial charge in [0.1, 0.15) is 13.2 Å². The first-order valence-corrected chi connectivity index (χ1v) is 11.7. The van der Waals surface area contributed by atoms with E-state index in [1.54, 1.807) is 6.92 Å². The van der Waals surface area contributed by atoms with Crippen LogP contribution in [0.25, 0.3) is 11.1 Å². The Morgan fingerprint density at radius 3 is 2.20 bits per heavy atom. The fourth-order valence-corrected chi connectivity index (χ4v) is 4.85. The van der Waals surface area contributed by atoms with Gasteiger partial charge < -0.3 is 25.4 Å². The topological polar surface area (TPSA) is 125 Å². The van der Waals surface area contributed by atoms with Gasteiger partial charge in [-0.25, -0.2) is 4.79 Å².